The van der Waals surface area contributed by atoms with E-state index in [4.69, 9.17) is 26.8 Å². The molecule has 0 aromatic heterocycles. The lowest BCUT2D eigenvalue weighted by atomic mass is 10.0. The Hall–Kier alpha value is -0.970. The summed E-state index contributed by atoms with van der Waals surface area (Å²) < 4.78 is 10.6. The number of rotatable bonds is 7. The summed E-state index contributed by atoms with van der Waals surface area (Å²) in [6.45, 7) is 4.41. The Bertz CT molecular complexity index is 427. The van der Waals surface area contributed by atoms with Gasteiger partial charge in [-0.15, -0.1) is 24.0 Å². The van der Waals surface area contributed by atoms with Gasteiger partial charge in [0.15, 0.2) is 11.5 Å². The summed E-state index contributed by atoms with van der Waals surface area (Å²) in [4.78, 5) is 11.2. The Balaban J connectivity index is 0.00000361. The maximum Gasteiger partial charge on any atom is 0.326 e. The number of hydrogen-bond donors (Lipinski definition) is 1. The van der Waals surface area contributed by atoms with Crippen LogP contribution in [0.4, 0.5) is 0 Å². The summed E-state index contributed by atoms with van der Waals surface area (Å²) in [5.41, 5.74) is 6.98. The van der Waals surface area contributed by atoms with Crippen LogP contribution in [0.25, 0.3) is 0 Å². The molecule has 0 heterocycles. The maximum atomic E-state index is 11.2. The van der Waals surface area contributed by atoms with Crippen molar-refractivity contribution in [1.82, 2.24) is 0 Å². The second kappa shape index (κ2) is 9.86. The number of alkyl halides is 1. The SMILES string of the molecule is CCOc1cc(CC(N)CC)ccc1OC(=O)CCl.Cl. The molecule has 114 valence electrons. The van der Waals surface area contributed by atoms with Gasteiger partial charge in [0.25, 0.3) is 0 Å². The smallest absolute Gasteiger partial charge is 0.326 e. The first-order chi connectivity index (χ1) is 9.10. The van der Waals surface area contributed by atoms with E-state index in [-0.39, 0.29) is 24.3 Å². The van der Waals surface area contributed by atoms with Crippen molar-refractivity contribution in [3.63, 3.8) is 0 Å². The minimum Gasteiger partial charge on any atom is -0.490 e. The predicted molar refractivity (Wildman–Crippen MR) is 83.2 cm³/mol. The van der Waals surface area contributed by atoms with E-state index in [9.17, 15) is 4.79 Å². The number of halogens is 2. The lowest BCUT2D eigenvalue weighted by Gasteiger charge is -2.13. The van der Waals surface area contributed by atoms with E-state index in [1.807, 2.05) is 26.0 Å². The Morgan fingerprint density at radius 1 is 1.35 bits per heavy atom. The number of benzene rings is 1. The number of ether oxygens (including phenoxy) is 2. The average molecular weight is 322 g/mol. The lowest BCUT2D eigenvalue weighted by molar-refractivity contribution is -0.131. The first-order valence-corrected chi connectivity index (χ1v) is 6.92. The molecule has 0 aliphatic rings. The van der Waals surface area contributed by atoms with Gasteiger partial charge in [0.05, 0.1) is 6.61 Å². The zero-order valence-electron chi connectivity index (χ0n) is 11.7. The monoisotopic (exact) mass is 321 g/mol. The quantitative estimate of drug-likeness (QED) is 0.476. The van der Waals surface area contributed by atoms with Crippen LogP contribution in [0.1, 0.15) is 25.8 Å². The molecule has 4 nitrogen and oxygen atoms in total. The first-order valence-electron chi connectivity index (χ1n) is 6.38. The molecule has 0 amide bonds. The predicted octanol–water partition coefficient (Wildman–Crippen LogP) is 2.93. The standard InChI is InChI=1S/C14H20ClNO3.ClH/c1-3-11(16)7-10-5-6-12(19-14(17)9-15)13(8-10)18-4-2;/h5-6,8,11H,3-4,7,9,16H2,1-2H3;1H. The van der Waals surface area contributed by atoms with E-state index in [1.165, 1.54) is 0 Å². The van der Waals surface area contributed by atoms with Crippen LogP contribution in [0, 0.1) is 0 Å². The lowest BCUT2D eigenvalue weighted by Crippen LogP contribution is -2.21. The van der Waals surface area contributed by atoms with Crippen LogP contribution >= 0.6 is 24.0 Å². The molecule has 1 aromatic carbocycles. The van der Waals surface area contributed by atoms with Crippen molar-refractivity contribution in [2.75, 3.05) is 12.5 Å². The minimum atomic E-state index is -0.499. The van der Waals surface area contributed by atoms with Crippen molar-refractivity contribution < 1.29 is 14.3 Å². The Kier molecular flexibility index (Phi) is 9.38. The second-order valence-electron chi connectivity index (χ2n) is 4.19. The molecule has 0 spiro atoms. The van der Waals surface area contributed by atoms with Gasteiger partial charge in [-0.3, -0.25) is 4.79 Å². The molecule has 1 aromatic rings. The Morgan fingerprint density at radius 2 is 2.05 bits per heavy atom. The second-order valence-corrected chi connectivity index (χ2v) is 4.46. The number of hydrogen-bond acceptors (Lipinski definition) is 4. The molecule has 1 atom stereocenters. The van der Waals surface area contributed by atoms with E-state index in [0.29, 0.717) is 18.1 Å². The van der Waals surface area contributed by atoms with Crippen molar-refractivity contribution in [2.24, 2.45) is 5.73 Å². The van der Waals surface area contributed by atoms with Gasteiger partial charge in [0.1, 0.15) is 5.88 Å². The fourth-order valence-electron chi connectivity index (χ4n) is 1.63. The summed E-state index contributed by atoms with van der Waals surface area (Å²) in [5.74, 6) is 0.248. The van der Waals surface area contributed by atoms with E-state index in [0.717, 1.165) is 18.4 Å². The third kappa shape index (κ3) is 5.99. The molecule has 0 saturated carbocycles. The molecule has 0 saturated heterocycles. The molecule has 2 N–H and O–H groups in total. The number of carbonyl (C=O) groups is 1. The summed E-state index contributed by atoms with van der Waals surface area (Å²) in [7, 11) is 0. The molecule has 0 radical (unpaired) electrons. The summed E-state index contributed by atoms with van der Waals surface area (Å²) in [5, 5.41) is 0. The van der Waals surface area contributed by atoms with Crippen LogP contribution in [0.5, 0.6) is 11.5 Å². The zero-order chi connectivity index (χ0) is 14.3. The summed E-state index contributed by atoms with van der Waals surface area (Å²) in [6, 6.07) is 5.57. The molecule has 0 aliphatic heterocycles. The molecule has 1 unspecified atom stereocenters. The zero-order valence-corrected chi connectivity index (χ0v) is 13.3. The van der Waals surface area contributed by atoms with Crippen LogP contribution in [0.3, 0.4) is 0 Å². The Morgan fingerprint density at radius 3 is 2.60 bits per heavy atom. The molecule has 20 heavy (non-hydrogen) atoms. The molecule has 1 rings (SSSR count). The number of carbonyl (C=O) groups excluding carboxylic acids is 1. The highest BCUT2D eigenvalue weighted by Gasteiger charge is 2.11. The molecular formula is C14H21Cl2NO3. The summed E-state index contributed by atoms with van der Waals surface area (Å²) >= 11 is 5.42. The maximum absolute atomic E-state index is 11.2. The van der Waals surface area contributed by atoms with Gasteiger partial charge in [-0.2, -0.15) is 0 Å². The highest BCUT2D eigenvalue weighted by molar-refractivity contribution is 6.26. The molecule has 0 fully saturated rings. The average Bonchev–Trinajstić information content (AvgIpc) is 2.41. The Labute approximate surface area is 131 Å². The fourth-order valence-corrected chi connectivity index (χ4v) is 1.68. The van der Waals surface area contributed by atoms with Gasteiger partial charge in [-0.1, -0.05) is 13.0 Å². The highest BCUT2D eigenvalue weighted by atomic mass is 35.5. The van der Waals surface area contributed by atoms with Gasteiger partial charge < -0.3 is 15.2 Å². The van der Waals surface area contributed by atoms with Gasteiger partial charge in [-0.05, 0) is 37.5 Å². The summed E-state index contributed by atoms with van der Waals surface area (Å²) in [6.07, 6.45) is 1.67. The van der Waals surface area contributed by atoms with Crippen LogP contribution in [0.2, 0.25) is 0 Å². The van der Waals surface area contributed by atoms with Crippen molar-refractivity contribution in [1.29, 1.82) is 0 Å². The topological polar surface area (TPSA) is 61.6 Å². The highest BCUT2D eigenvalue weighted by Crippen LogP contribution is 2.29. The van der Waals surface area contributed by atoms with Gasteiger partial charge in [-0.25, -0.2) is 0 Å². The van der Waals surface area contributed by atoms with Crippen LogP contribution < -0.4 is 15.2 Å². The van der Waals surface area contributed by atoms with E-state index < -0.39 is 5.97 Å². The minimum absolute atomic E-state index is 0. The largest absolute Gasteiger partial charge is 0.490 e. The number of esters is 1. The van der Waals surface area contributed by atoms with Crippen LogP contribution in [0.15, 0.2) is 18.2 Å². The fraction of sp³-hybridized carbons (Fsp3) is 0.500. The van der Waals surface area contributed by atoms with Crippen molar-refractivity contribution in [3.05, 3.63) is 23.8 Å². The van der Waals surface area contributed by atoms with E-state index in [2.05, 4.69) is 0 Å². The third-order valence-electron chi connectivity index (χ3n) is 2.66. The molecular weight excluding hydrogens is 301 g/mol. The van der Waals surface area contributed by atoms with Crippen molar-refractivity contribution in [2.45, 2.75) is 32.7 Å². The third-order valence-corrected chi connectivity index (χ3v) is 2.88. The van der Waals surface area contributed by atoms with Crippen molar-refractivity contribution >= 4 is 30.0 Å². The molecule has 6 heteroatoms. The van der Waals surface area contributed by atoms with E-state index >= 15 is 0 Å². The van der Waals surface area contributed by atoms with Crippen LogP contribution in [-0.2, 0) is 11.2 Å². The normalized spacial score (nSPS) is 11.4. The van der Waals surface area contributed by atoms with Gasteiger partial charge in [0.2, 0.25) is 0 Å². The van der Waals surface area contributed by atoms with Gasteiger partial charge >= 0.3 is 5.97 Å². The molecule has 0 bridgehead atoms. The molecule has 0 aliphatic carbocycles. The van der Waals surface area contributed by atoms with Crippen LogP contribution in [-0.4, -0.2) is 24.5 Å². The number of nitrogens with two attached hydrogens (primary N) is 1. The van der Waals surface area contributed by atoms with Crippen molar-refractivity contribution in [3.8, 4) is 11.5 Å². The van der Waals surface area contributed by atoms with Gasteiger partial charge in [0, 0.05) is 6.04 Å². The van der Waals surface area contributed by atoms with E-state index in [1.54, 1.807) is 6.07 Å². The first kappa shape index (κ1) is 19.0.